The fourth-order valence-electron chi connectivity index (χ4n) is 9.63. The Bertz CT molecular complexity index is 1260. The van der Waals surface area contributed by atoms with E-state index in [0.29, 0.717) is 6.42 Å². The van der Waals surface area contributed by atoms with E-state index in [9.17, 15) is 19.8 Å². The molecule has 8 nitrogen and oxygen atoms in total. The van der Waals surface area contributed by atoms with E-state index in [1.54, 1.807) is 7.05 Å². The molecule has 2 saturated carbocycles. The van der Waals surface area contributed by atoms with Crippen LogP contribution in [0.2, 0.25) is 0 Å². The summed E-state index contributed by atoms with van der Waals surface area (Å²) < 4.78 is 17.8. The molecule has 7 unspecified atom stereocenters. The third-order valence-electron chi connectivity index (χ3n) is 12.1. The van der Waals surface area contributed by atoms with Gasteiger partial charge < -0.3 is 29.7 Å². The lowest BCUT2D eigenvalue weighted by Crippen LogP contribution is -2.77. The van der Waals surface area contributed by atoms with Gasteiger partial charge in [-0.05, 0) is 48.9 Å². The molecule has 1 aliphatic heterocycles. The summed E-state index contributed by atoms with van der Waals surface area (Å²) in [5.74, 6) is -2.08. The van der Waals surface area contributed by atoms with Gasteiger partial charge in [0.15, 0.2) is 6.10 Å². The van der Waals surface area contributed by atoms with Gasteiger partial charge in [0.05, 0.1) is 24.4 Å². The summed E-state index contributed by atoms with van der Waals surface area (Å²) in [6, 6.07) is 9.14. The SMILES string of the molecule is CNC(c1ccccc1)C(OC)C(=O)OC1CC2(O)[C@@H](C)C3C4(O)COC4C[C@H](C)[C@@]3(C)C(=O)[C@H](C)C(=C1C)C2(C)C. The highest BCUT2D eigenvalue weighted by Crippen LogP contribution is 2.66. The first-order chi connectivity index (χ1) is 19.6. The highest BCUT2D eigenvalue weighted by molar-refractivity contribution is 5.91. The van der Waals surface area contributed by atoms with Gasteiger partial charge in [0, 0.05) is 36.2 Å². The van der Waals surface area contributed by atoms with E-state index in [1.807, 2.05) is 71.9 Å². The Morgan fingerprint density at radius 3 is 2.31 bits per heavy atom. The van der Waals surface area contributed by atoms with Crippen LogP contribution >= 0.6 is 0 Å². The smallest absolute Gasteiger partial charge is 0.337 e. The number of esters is 1. The number of Topliss-reactive ketones (excluding diaryl/α,β-unsaturated/α-hetero) is 1. The monoisotopic (exact) mass is 583 g/mol. The molecule has 4 aliphatic rings. The summed E-state index contributed by atoms with van der Waals surface area (Å²) in [7, 11) is 3.26. The first kappa shape index (κ1) is 31.3. The first-order valence-corrected chi connectivity index (χ1v) is 15.4. The summed E-state index contributed by atoms with van der Waals surface area (Å²) in [5.41, 5.74) is -1.76. The van der Waals surface area contributed by atoms with Crippen LogP contribution in [0.15, 0.2) is 41.5 Å². The van der Waals surface area contributed by atoms with E-state index < -0.39 is 64.0 Å². The average Bonchev–Trinajstić information content (AvgIpc) is 2.95. The number of hydrogen-bond donors (Lipinski definition) is 3. The largest absolute Gasteiger partial charge is 0.456 e. The predicted octanol–water partition coefficient (Wildman–Crippen LogP) is 4.00. The summed E-state index contributed by atoms with van der Waals surface area (Å²) in [4.78, 5) is 28.4. The molecule has 1 aromatic carbocycles. The van der Waals surface area contributed by atoms with Gasteiger partial charge >= 0.3 is 5.97 Å². The van der Waals surface area contributed by atoms with Crippen molar-refractivity contribution in [3.8, 4) is 0 Å². The van der Waals surface area contributed by atoms with Crippen LogP contribution in [0.5, 0.6) is 0 Å². The minimum absolute atomic E-state index is 0.0375. The molecular weight excluding hydrogens is 534 g/mol. The van der Waals surface area contributed by atoms with E-state index in [-0.39, 0.29) is 30.8 Å². The number of ether oxygens (including phenoxy) is 3. The zero-order chi connectivity index (χ0) is 31.0. The Kier molecular flexibility index (Phi) is 7.84. The number of aliphatic hydroxyl groups is 2. The lowest BCUT2D eigenvalue weighted by atomic mass is 9.41. The van der Waals surface area contributed by atoms with E-state index in [2.05, 4.69) is 12.2 Å². The van der Waals surface area contributed by atoms with Crippen LogP contribution in [0.4, 0.5) is 0 Å². The molecule has 11 atom stereocenters. The number of ketones is 1. The van der Waals surface area contributed by atoms with Crippen molar-refractivity contribution in [2.24, 2.45) is 34.5 Å². The van der Waals surface area contributed by atoms with Crippen molar-refractivity contribution >= 4 is 11.8 Å². The second-order valence-corrected chi connectivity index (χ2v) is 14.2. The molecule has 1 saturated heterocycles. The fraction of sp³-hybridized carbons (Fsp3) is 0.706. The maximum Gasteiger partial charge on any atom is 0.337 e. The highest BCUT2D eigenvalue weighted by Gasteiger charge is 2.73. The summed E-state index contributed by atoms with van der Waals surface area (Å²) in [5, 5.41) is 28.1. The van der Waals surface area contributed by atoms with Gasteiger partial charge in [-0.3, -0.25) is 4.79 Å². The molecule has 0 radical (unpaired) electrons. The molecule has 3 aliphatic carbocycles. The molecule has 3 N–H and O–H groups in total. The van der Waals surface area contributed by atoms with Gasteiger partial charge in [-0.25, -0.2) is 4.79 Å². The van der Waals surface area contributed by atoms with Crippen molar-refractivity contribution in [2.45, 2.75) is 96.9 Å². The molecule has 8 heteroatoms. The molecule has 5 rings (SSSR count). The van der Waals surface area contributed by atoms with Gasteiger partial charge in [0.2, 0.25) is 0 Å². The zero-order valence-electron chi connectivity index (χ0n) is 26.6. The fourth-order valence-corrected chi connectivity index (χ4v) is 9.63. The van der Waals surface area contributed by atoms with E-state index >= 15 is 0 Å². The van der Waals surface area contributed by atoms with Crippen LogP contribution in [0, 0.1) is 34.5 Å². The molecule has 3 fully saturated rings. The number of carbonyl (C=O) groups is 2. The van der Waals surface area contributed by atoms with Crippen molar-refractivity contribution in [1.82, 2.24) is 5.32 Å². The molecule has 2 bridgehead atoms. The summed E-state index contributed by atoms with van der Waals surface area (Å²) >= 11 is 0. The number of methoxy groups -OCH3 is 1. The molecule has 0 amide bonds. The van der Waals surface area contributed by atoms with Gasteiger partial charge in [-0.1, -0.05) is 71.9 Å². The number of likely N-dealkylation sites (N-methyl/N-ethyl adjacent to an activating group) is 1. The first-order valence-electron chi connectivity index (χ1n) is 15.4. The van der Waals surface area contributed by atoms with Crippen molar-refractivity contribution in [1.29, 1.82) is 0 Å². The van der Waals surface area contributed by atoms with Crippen LogP contribution in [-0.4, -0.2) is 72.2 Å². The van der Waals surface area contributed by atoms with Crippen molar-refractivity contribution in [3.63, 3.8) is 0 Å². The number of benzene rings is 1. The minimum Gasteiger partial charge on any atom is -0.456 e. The Morgan fingerprint density at radius 2 is 1.76 bits per heavy atom. The predicted molar refractivity (Wildman–Crippen MR) is 158 cm³/mol. The molecule has 1 heterocycles. The second-order valence-electron chi connectivity index (χ2n) is 14.2. The van der Waals surface area contributed by atoms with Crippen LogP contribution in [0.1, 0.15) is 72.9 Å². The molecule has 1 aromatic rings. The van der Waals surface area contributed by atoms with E-state index in [4.69, 9.17) is 14.2 Å². The quantitative estimate of drug-likeness (QED) is 0.340. The molecule has 0 aromatic heterocycles. The van der Waals surface area contributed by atoms with Crippen LogP contribution in [0.3, 0.4) is 0 Å². The molecule has 0 spiro atoms. The third-order valence-corrected chi connectivity index (χ3v) is 12.1. The van der Waals surface area contributed by atoms with Gasteiger partial charge in [0.25, 0.3) is 0 Å². The average molecular weight is 584 g/mol. The Hall–Kier alpha value is -2.10. The van der Waals surface area contributed by atoms with Gasteiger partial charge in [0.1, 0.15) is 17.5 Å². The van der Waals surface area contributed by atoms with E-state index in [1.165, 1.54) is 7.11 Å². The normalized spacial score (nSPS) is 42.3. The van der Waals surface area contributed by atoms with Crippen molar-refractivity contribution in [3.05, 3.63) is 47.0 Å². The number of rotatable bonds is 6. The van der Waals surface area contributed by atoms with Crippen molar-refractivity contribution in [2.75, 3.05) is 20.8 Å². The summed E-state index contributed by atoms with van der Waals surface area (Å²) in [6.07, 6.45) is -1.31. The lowest BCUT2D eigenvalue weighted by Gasteiger charge is -2.68. The standard InChI is InChI=1S/C34H49NO7/c1-18-15-24-33(38,17-41-24)28-21(4)34(39)16-23(19(2)25(31(34,5)6)20(3)29(36)32(18,28)7)42-30(37)27(40-9)26(35-8)22-13-11-10-12-14-22/h10-14,18,20-21,23-24,26-28,35,38-39H,15-17H2,1-9H3/t18-,20+,21-,23?,24?,26?,27?,28?,32+,33?,34?/m0/s1. The molecule has 42 heavy (non-hydrogen) atoms. The maximum atomic E-state index is 14.6. The number of hydrogen-bond acceptors (Lipinski definition) is 8. The minimum atomic E-state index is -1.38. The zero-order valence-corrected chi connectivity index (χ0v) is 26.6. The summed E-state index contributed by atoms with van der Waals surface area (Å²) in [6.45, 7) is 14.0. The lowest BCUT2D eigenvalue weighted by molar-refractivity contribution is -0.328. The Labute approximate surface area is 250 Å². The van der Waals surface area contributed by atoms with Crippen LogP contribution < -0.4 is 5.32 Å². The topological polar surface area (TPSA) is 114 Å². The maximum absolute atomic E-state index is 14.6. The van der Waals surface area contributed by atoms with Crippen LogP contribution in [-0.2, 0) is 23.8 Å². The van der Waals surface area contributed by atoms with E-state index in [0.717, 1.165) is 16.7 Å². The Balaban J connectivity index is 1.58. The van der Waals surface area contributed by atoms with Gasteiger partial charge in [-0.15, -0.1) is 0 Å². The van der Waals surface area contributed by atoms with Crippen LogP contribution in [0.25, 0.3) is 0 Å². The number of carbonyl (C=O) groups excluding carboxylic acids is 2. The number of fused-ring (bicyclic) bond motifs is 5. The highest BCUT2D eigenvalue weighted by atomic mass is 16.6. The molecule has 232 valence electrons. The second kappa shape index (κ2) is 10.5. The number of nitrogens with one attached hydrogen (secondary N) is 1. The molecular formula is C34H49NO7. The Morgan fingerprint density at radius 1 is 1.12 bits per heavy atom. The van der Waals surface area contributed by atoms with Crippen molar-refractivity contribution < 1.29 is 34.0 Å². The van der Waals surface area contributed by atoms with Gasteiger partial charge in [-0.2, -0.15) is 0 Å². The third kappa shape index (κ3) is 4.12.